The van der Waals surface area contributed by atoms with Crippen LogP contribution in [0, 0.1) is 5.92 Å². The number of piperidine rings is 1. The first kappa shape index (κ1) is 18.0. The highest BCUT2D eigenvalue weighted by Gasteiger charge is 2.29. The molecule has 0 aromatic carbocycles. The lowest BCUT2D eigenvalue weighted by Gasteiger charge is -2.31. The van der Waals surface area contributed by atoms with Crippen molar-refractivity contribution in [1.82, 2.24) is 9.88 Å². The van der Waals surface area contributed by atoms with E-state index in [1.54, 1.807) is 23.2 Å². The van der Waals surface area contributed by atoms with Gasteiger partial charge in [-0.15, -0.1) is 0 Å². The molecule has 1 aromatic heterocycles. The second kappa shape index (κ2) is 8.56. The van der Waals surface area contributed by atoms with Gasteiger partial charge in [-0.2, -0.15) is 11.8 Å². The van der Waals surface area contributed by atoms with Crippen LogP contribution in [0.4, 0.5) is 0 Å². The van der Waals surface area contributed by atoms with Gasteiger partial charge in [0.15, 0.2) is 0 Å². The Hall–Kier alpha value is -1.76. The molecule has 2 fully saturated rings. The number of amides is 1. The third kappa shape index (κ3) is 4.66. The third-order valence-corrected chi connectivity index (χ3v) is 5.69. The van der Waals surface area contributed by atoms with Gasteiger partial charge in [0.25, 0.3) is 5.91 Å². The summed E-state index contributed by atoms with van der Waals surface area (Å²) in [5.41, 5.74) is 0.588. The zero-order valence-corrected chi connectivity index (χ0v) is 15.3. The monoisotopic (exact) mass is 364 g/mol. The Kier molecular flexibility index (Phi) is 6.18. The zero-order chi connectivity index (χ0) is 17.6. The molecule has 0 saturated carbocycles. The molecule has 0 unspecified atom stereocenters. The number of ether oxygens (including phenoxy) is 2. The van der Waals surface area contributed by atoms with Crippen molar-refractivity contribution in [3.63, 3.8) is 0 Å². The van der Waals surface area contributed by atoms with Crippen LogP contribution in [-0.4, -0.2) is 59.1 Å². The summed E-state index contributed by atoms with van der Waals surface area (Å²) in [6.45, 7) is 3.35. The Bertz CT molecular complexity index is 611. The fourth-order valence-electron chi connectivity index (χ4n) is 3.14. The van der Waals surface area contributed by atoms with E-state index < -0.39 is 0 Å². The van der Waals surface area contributed by atoms with Crippen LogP contribution in [0.5, 0.6) is 5.88 Å². The number of carbonyl (C=O) groups is 2. The second-order valence-electron chi connectivity index (χ2n) is 6.30. The molecule has 3 rings (SSSR count). The molecule has 25 heavy (non-hydrogen) atoms. The van der Waals surface area contributed by atoms with Gasteiger partial charge >= 0.3 is 5.97 Å². The standard InChI is InChI=1S/C18H24N2O4S/c1-2-23-18(22)13-4-8-20(9-5-13)17(21)14-3-7-19-16(11-14)24-15-6-10-25-12-15/h3,7,11,13,15H,2,4-6,8-10,12H2,1H3/t15-/m0/s1. The number of hydrogen-bond acceptors (Lipinski definition) is 6. The van der Waals surface area contributed by atoms with Crippen molar-refractivity contribution in [3.8, 4) is 5.88 Å². The van der Waals surface area contributed by atoms with Gasteiger partial charge in [-0.25, -0.2) is 4.98 Å². The smallest absolute Gasteiger partial charge is 0.309 e. The molecule has 1 aromatic rings. The fraction of sp³-hybridized carbons (Fsp3) is 0.611. The van der Waals surface area contributed by atoms with E-state index >= 15 is 0 Å². The van der Waals surface area contributed by atoms with Crippen LogP contribution in [0.3, 0.4) is 0 Å². The van der Waals surface area contributed by atoms with Crippen molar-refractivity contribution < 1.29 is 19.1 Å². The third-order valence-electron chi connectivity index (χ3n) is 4.56. The minimum atomic E-state index is -0.149. The van der Waals surface area contributed by atoms with Crippen LogP contribution in [0.15, 0.2) is 18.3 Å². The van der Waals surface area contributed by atoms with Crippen LogP contribution in [0.1, 0.15) is 36.5 Å². The van der Waals surface area contributed by atoms with Gasteiger partial charge in [0.2, 0.25) is 5.88 Å². The molecule has 2 aliphatic heterocycles. The predicted octanol–water partition coefficient (Wildman–Crippen LogP) is 2.38. The summed E-state index contributed by atoms with van der Waals surface area (Å²) in [6.07, 6.45) is 4.13. The lowest BCUT2D eigenvalue weighted by Crippen LogP contribution is -2.40. The summed E-state index contributed by atoms with van der Waals surface area (Å²) in [4.78, 5) is 30.5. The number of hydrogen-bond donors (Lipinski definition) is 0. The van der Waals surface area contributed by atoms with Gasteiger partial charge in [-0.3, -0.25) is 9.59 Å². The maximum atomic E-state index is 12.7. The summed E-state index contributed by atoms with van der Waals surface area (Å²) in [7, 11) is 0. The summed E-state index contributed by atoms with van der Waals surface area (Å²) < 4.78 is 10.9. The molecule has 6 nitrogen and oxygen atoms in total. The van der Waals surface area contributed by atoms with Crippen LogP contribution in [0.2, 0.25) is 0 Å². The van der Waals surface area contributed by atoms with Gasteiger partial charge in [0, 0.05) is 36.7 Å². The maximum absolute atomic E-state index is 12.7. The first-order valence-electron chi connectivity index (χ1n) is 8.83. The number of thioether (sulfide) groups is 1. The number of pyridine rings is 1. The molecule has 0 spiro atoms. The molecule has 3 heterocycles. The van der Waals surface area contributed by atoms with Crippen LogP contribution in [0.25, 0.3) is 0 Å². The van der Waals surface area contributed by atoms with Gasteiger partial charge in [-0.1, -0.05) is 0 Å². The van der Waals surface area contributed by atoms with E-state index in [0.717, 1.165) is 17.9 Å². The zero-order valence-electron chi connectivity index (χ0n) is 14.5. The Labute approximate surface area is 152 Å². The number of aromatic nitrogens is 1. The molecule has 1 atom stereocenters. The Balaban J connectivity index is 1.57. The van der Waals surface area contributed by atoms with Crippen molar-refractivity contribution in [3.05, 3.63) is 23.9 Å². The van der Waals surface area contributed by atoms with Crippen molar-refractivity contribution in [2.75, 3.05) is 31.2 Å². The van der Waals surface area contributed by atoms with Crippen LogP contribution < -0.4 is 4.74 Å². The average Bonchev–Trinajstić information content (AvgIpc) is 3.15. The highest BCUT2D eigenvalue weighted by atomic mass is 32.2. The van der Waals surface area contributed by atoms with E-state index in [-0.39, 0.29) is 23.9 Å². The first-order valence-corrected chi connectivity index (χ1v) is 9.99. The van der Waals surface area contributed by atoms with Crippen molar-refractivity contribution in [2.24, 2.45) is 5.92 Å². The number of likely N-dealkylation sites (tertiary alicyclic amines) is 1. The maximum Gasteiger partial charge on any atom is 0.309 e. The highest BCUT2D eigenvalue weighted by Crippen LogP contribution is 2.24. The Morgan fingerprint density at radius 1 is 1.32 bits per heavy atom. The quantitative estimate of drug-likeness (QED) is 0.747. The lowest BCUT2D eigenvalue weighted by molar-refractivity contribution is -0.149. The SMILES string of the molecule is CCOC(=O)C1CCN(C(=O)c2ccnc(O[C@H]3CCSC3)c2)CC1. The summed E-state index contributed by atoms with van der Waals surface area (Å²) in [6, 6.07) is 3.44. The van der Waals surface area contributed by atoms with Gasteiger partial charge in [-0.05, 0) is 38.0 Å². The first-order chi connectivity index (χ1) is 12.2. The van der Waals surface area contributed by atoms with Crippen molar-refractivity contribution in [1.29, 1.82) is 0 Å². The number of rotatable bonds is 5. The van der Waals surface area contributed by atoms with Gasteiger partial charge < -0.3 is 14.4 Å². The summed E-state index contributed by atoms with van der Waals surface area (Å²) in [5, 5.41) is 0. The van der Waals surface area contributed by atoms with Crippen LogP contribution >= 0.6 is 11.8 Å². The normalized spacial score (nSPS) is 21.2. The molecule has 0 aliphatic carbocycles. The molecular weight excluding hydrogens is 340 g/mol. The van der Waals surface area contributed by atoms with E-state index in [0.29, 0.717) is 44.0 Å². The molecular formula is C18H24N2O4S. The number of carbonyl (C=O) groups excluding carboxylic acids is 2. The van der Waals surface area contributed by atoms with E-state index in [4.69, 9.17) is 9.47 Å². The molecule has 2 aliphatic rings. The van der Waals surface area contributed by atoms with Crippen molar-refractivity contribution >= 4 is 23.6 Å². The predicted molar refractivity (Wildman–Crippen MR) is 95.9 cm³/mol. The van der Waals surface area contributed by atoms with E-state index in [2.05, 4.69) is 4.98 Å². The molecule has 2 saturated heterocycles. The fourth-order valence-corrected chi connectivity index (χ4v) is 4.24. The lowest BCUT2D eigenvalue weighted by atomic mass is 9.96. The van der Waals surface area contributed by atoms with E-state index in [9.17, 15) is 9.59 Å². The van der Waals surface area contributed by atoms with Crippen molar-refractivity contribution in [2.45, 2.75) is 32.3 Å². The average molecular weight is 364 g/mol. The van der Waals surface area contributed by atoms with E-state index in [1.807, 2.05) is 18.7 Å². The number of esters is 1. The molecule has 0 radical (unpaired) electrons. The molecule has 0 bridgehead atoms. The summed E-state index contributed by atoms with van der Waals surface area (Å²) >= 11 is 1.87. The van der Waals surface area contributed by atoms with Crippen LogP contribution in [-0.2, 0) is 9.53 Å². The largest absolute Gasteiger partial charge is 0.473 e. The molecule has 136 valence electrons. The minimum absolute atomic E-state index is 0.0321. The summed E-state index contributed by atoms with van der Waals surface area (Å²) in [5.74, 6) is 2.32. The highest BCUT2D eigenvalue weighted by molar-refractivity contribution is 7.99. The topological polar surface area (TPSA) is 68.7 Å². The van der Waals surface area contributed by atoms with Gasteiger partial charge in [0.1, 0.15) is 6.10 Å². The molecule has 7 heteroatoms. The minimum Gasteiger partial charge on any atom is -0.473 e. The molecule has 1 amide bonds. The Morgan fingerprint density at radius 3 is 2.80 bits per heavy atom. The van der Waals surface area contributed by atoms with E-state index in [1.165, 1.54) is 0 Å². The second-order valence-corrected chi connectivity index (χ2v) is 7.45. The Morgan fingerprint density at radius 2 is 2.12 bits per heavy atom. The van der Waals surface area contributed by atoms with Gasteiger partial charge in [0.05, 0.1) is 12.5 Å². The molecule has 0 N–H and O–H groups in total. The number of nitrogens with zero attached hydrogens (tertiary/aromatic N) is 2.